The quantitative estimate of drug-likeness (QED) is 0.454. The predicted molar refractivity (Wildman–Crippen MR) is 98.1 cm³/mol. The Balaban J connectivity index is 2.02. The lowest BCUT2D eigenvalue weighted by Gasteiger charge is -2.09. The lowest BCUT2D eigenvalue weighted by molar-refractivity contribution is -0.136. The van der Waals surface area contributed by atoms with Gasteiger partial charge in [0.15, 0.2) is 0 Å². The van der Waals surface area contributed by atoms with Crippen molar-refractivity contribution >= 4 is 39.6 Å². The highest BCUT2D eigenvalue weighted by molar-refractivity contribution is 9.10. The van der Waals surface area contributed by atoms with Crippen LogP contribution in [0.1, 0.15) is 5.56 Å². The Morgan fingerprint density at radius 2 is 1.68 bits per heavy atom. The fourth-order valence-corrected chi connectivity index (χ4v) is 2.37. The minimum atomic E-state index is -0.898. The van der Waals surface area contributed by atoms with Gasteiger partial charge in [-0.25, -0.2) is 5.43 Å². The number of hydrazone groups is 1. The number of carbonyl (C=O) groups excluding carboxylic acids is 2. The molecule has 2 aromatic carbocycles. The number of hydrogen-bond donors (Lipinski definition) is 2. The van der Waals surface area contributed by atoms with Gasteiger partial charge in [-0.15, -0.1) is 0 Å². The smallest absolute Gasteiger partial charge is 0.329 e. The minimum Gasteiger partial charge on any atom is -0.496 e. The summed E-state index contributed by atoms with van der Waals surface area (Å²) in [5.74, 6) is -0.681. The summed E-state index contributed by atoms with van der Waals surface area (Å²) in [4.78, 5) is 23.7. The zero-order valence-corrected chi connectivity index (χ0v) is 15.2. The van der Waals surface area contributed by atoms with E-state index in [1.807, 2.05) is 0 Å². The van der Waals surface area contributed by atoms with Crippen LogP contribution < -0.4 is 20.2 Å². The second-order valence-corrected chi connectivity index (χ2v) is 5.66. The Morgan fingerprint density at radius 3 is 2.28 bits per heavy atom. The van der Waals surface area contributed by atoms with Gasteiger partial charge in [-0.3, -0.25) is 9.59 Å². The molecule has 0 saturated carbocycles. The van der Waals surface area contributed by atoms with E-state index in [0.29, 0.717) is 22.7 Å². The number of ether oxygens (including phenoxy) is 2. The maximum atomic E-state index is 11.9. The molecule has 8 heteroatoms. The van der Waals surface area contributed by atoms with Crippen molar-refractivity contribution in [3.05, 3.63) is 52.5 Å². The van der Waals surface area contributed by atoms with Gasteiger partial charge in [0.2, 0.25) is 0 Å². The van der Waals surface area contributed by atoms with Gasteiger partial charge in [-0.1, -0.05) is 28.1 Å². The van der Waals surface area contributed by atoms with E-state index in [1.54, 1.807) is 42.5 Å². The molecule has 0 bridgehead atoms. The first-order valence-corrected chi connectivity index (χ1v) is 7.95. The molecule has 2 N–H and O–H groups in total. The topological polar surface area (TPSA) is 89.0 Å². The van der Waals surface area contributed by atoms with Crippen molar-refractivity contribution in [3.8, 4) is 11.5 Å². The molecular formula is C17H16BrN3O4. The molecule has 0 heterocycles. The van der Waals surface area contributed by atoms with Crippen LogP contribution in [0.15, 0.2) is 52.0 Å². The number of benzene rings is 2. The van der Waals surface area contributed by atoms with Crippen LogP contribution in [-0.2, 0) is 9.59 Å². The number of nitrogens with zero attached hydrogens (tertiary/aromatic N) is 1. The average Bonchev–Trinajstić information content (AvgIpc) is 2.61. The molecule has 0 aliphatic rings. The van der Waals surface area contributed by atoms with Crippen molar-refractivity contribution in [2.75, 3.05) is 19.5 Å². The molecule has 0 unspecified atom stereocenters. The number of rotatable bonds is 5. The van der Waals surface area contributed by atoms with Crippen LogP contribution in [0.5, 0.6) is 11.5 Å². The number of amides is 2. The SMILES string of the molecule is COc1cccc(OC)c1/C=N\NC(=O)C(=O)Nc1cccc(Br)c1. The van der Waals surface area contributed by atoms with Gasteiger partial charge in [0.1, 0.15) is 11.5 Å². The van der Waals surface area contributed by atoms with Gasteiger partial charge in [0.05, 0.1) is 26.0 Å². The van der Waals surface area contributed by atoms with Gasteiger partial charge < -0.3 is 14.8 Å². The molecule has 0 saturated heterocycles. The number of carbonyl (C=O) groups is 2. The molecule has 0 atom stereocenters. The summed E-state index contributed by atoms with van der Waals surface area (Å²) in [5.41, 5.74) is 3.20. The minimum absolute atomic E-state index is 0.491. The summed E-state index contributed by atoms with van der Waals surface area (Å²) in [6.45, 7) is 0. The summed E-state index contributed by atoms with van der Waals surface area (Å²) >= 11 is 3.28. The molecule has 0 aromatic heterocycles. The van der Waals surface area contributed by atoms with Gasteiger partial charge in [-0.2, -0.15) is 5.10 Å². The summed E-state index contributed by atoms with van der Waals surface area (Å²) in [7, 11) is 3.02. The molecule has 2 rings (SSSR count). The highest BCUT2D eigenvalue weighted by Crippen LogP contribution is 2.26. The van der Waals surface area contributed by atoms with Crippen LogP contribution in [0.2, 0.25) is 0 Å². The highest BCUT2D eigenvalue weighted by Gasteiger charge is 2.13. The Kier molecular flexibility index (Phi) is 6.53. The number of nitrogens with one attached hydrogen (secondary N) is 2. The average molecular weight is 406 g/mol. The molecular weight excluding hydrogens is 390 g/mol. The Labute approximate surface area is 153 Å². The fourth-order valence-electron chi connectivity index (χ4n) is 1.97. The van der Waals surface area contributed by atoms with E-state index < -0.39 is 11.8 Å². The first-order valence-electron chi connectivity index (χ1n) is 7.16. The maximum absolute atomic E-state index is 11.9. The summed E-state index contributed by atoms with van der Waals surface area (Å²) in [5, 5.41) is 6.26. The third kappa shape index (κ3) is 5.05. The van der Waals surface area contributed by atoms with E-state index in [0.717, 1.165) is 4.47 Å². The second kappa shape index (κ2) is 8.84. The molecule has 0 aliphatic heterocycles. The molecule has 0 spiro atoms. The van der Waals surface area contributed by atoms with E-state index in [2.05, 4.69) is 31.8 Å². The normalized spacial score (nSPS) is 10.4. The third-order valence-electron chi connectivity index (χ3n) is 3.11. The van der Waals surface area contributed by atoms with Crippen molar-refractivity contribution in [2.45, 2.75) is 0 Å². The van der Waals surface area contributed by atoms with E-state index in [-0.39, 0.29) is 0 Å². The zero-order valence-electron chi connectivity index (χ0n) is 13.6. The largest absolute Gasteiger partial charge is 0.496 e. The van der Waals surface area contributed by atoms with Crippen LogP contribution in [0.3, 0.4) is 0 Å². The molecule has 0 radical (unpaired) electrons. The molecule has 7 nitrogen and oxygen atoms in total. The Hall–Kier alpha value is -2.87. The molecule has 25 heavy (non-hydrogen) atoms. The molecule has 2 amide bonds. The Morgan fingerprint density at radius 1 is 1.04 bits per heavy atom. The monoisotopic (exact) mass is 405 g/mol. The maximum Gasteiger partial charge on any atom is 0.329 e. The molecule has 130 valence electrons. The van der Waals surface area contributed by atoms with Crippen LogP contribution in [0, 0.1) is 0 Å². The van der Waals surface area contributed by atoms with Crippen LogP contribution in [0.4, 0.5) is 5.69 Å². The highest BCUT2D eigenvalue weighted by atomic mass is 79.9. The molecule has 0 fully saturated rings. The lowest BCUT2D eigenvalue weighted by Crippen LogP contribution is -2.32. The van der Waals surface area contributed by atoms with Crippen molar-refractivity contribution in [3.63, 3.8) is 0 Å². The van der Waals surface area contributed by atoms with E-state index in [4.69, 9.17) is 9.47 Å². The van der Waals surface area contributed by atoms with Crippen LogP contribution >= 0.6 is 15.9 Å². The molecule has 0 aliphatic carbocycles. The Bertz CT molecular complexity index is 786. The van der Waals surface area contributed by atoms with Gasteiger partial charge in [-0.05, 0) is 30.3 Å². The van der Waals surface area contributed by atoms with Crippen LogP contribution in [-0.4, -0.2) is 32.2 Å². The summed E-state index contributed by atoms with van der Waals surface area (Å²) in [6.07, 6.45) is 1.35. The number of hydrogen-bond acceptors (Lipinski definition) is 5. The second-order valence-electron chi connectivity index (χ2n) is 4.74. The fraction of sp³-hybridized carbons (Fsp3) is 0.118. The van der Waals surface area contributed by atoms with Crippen LogP contribution in [0.25, 0.3) is 0 Å². The number of anilines is 1. The first kappa shape index (κ1) is 18.5. The zero-order chi connectivity index (χ0) is 18.2. The van der Waals surface area contributed by atoms with Gasteiger partial charge in [0, 0.05) is 10.2 Å². The summed E-state index contributed by atoms with van der Waals surface area (Å²) in [6, 6.07) is 12.1. The van der Waals surface area contributed by atoms with Crippen molar-refractivity contribution in [1.82, 2.24) is 5.43 Å². The third-order valence-corrected chi connectivity index (χ3v) is 3.61. The first-order chi connectivity index (χ1) is 12.0. The predicted octanol–water partition coefficient (Wildman–Crippen LogP) is 2.56. The van der Waals surface area contributed by atoms with Crippen molar-refractivity contribution in [1.29, 1.82) is 0 Å². The van der Waals surface area contributed by atoms with Gasteiger partial charge >= 0.3 is 11.8 Å². The number of halogens is 1. The van der Waals surface area contributed by atoms with Gasteiger partial charge in [0.25, 0.3) is 0 Å². The van der Waals surface area contributed by atoms with Crippen molar-refractivity contribution in [2.24, 2.45) is 5.10 Å². The molecule has 2 aromatic rings. The summed E-state index contributed by atoms with van der Waals surface area (Å²) < 4.78 is 11.2. The van der Waals surface area contributed by atoms with E-state index in [9.17, 15) is 9.59 Å². The van der Waals surface area contributed by atoms with E-state index in [1.165, 1.54) is 20.4 Å². The van der Waals surface area contributed by atoms with E-state index >= 15 is 0 Å². The standard InChI is InChI=1S/C17H16BrN3O4/c1-24-14-7-4-8-15(25-2)13(14)10-19-21-17(23)16(22)20-12-6-3-5-11(18)9-12/h3-10H,1-2H3,(H,20,22)(H,21,23)/b19-10-. The lowest BCUT2D eigenvalue weighted by atomic mass is 10.2. The van der Waals surface area contributed by atoms with Crippen molar-refractivity contribution < 1.29 is 19.1 Å². The number of methoxy groups -OCH3 is 2.